The highest BCUT2D eigenvalue weighted by atomic mass is 19.2. The van der Waals surface area contributed by atoms with Crippen LogP contribution in [0.4, 0.5) is 13.2 Å². The second kappa shape index (κ2) is 2.84. The summed E-state index contributed by atoms with van der Waals surface area (Å²) in [5, 5.41) is 0. The predicted octanol–water partition coefficient (Wildman–Crippen LogP) is 2.87. The standard InChI is InChI=1S/C11H9F3O/c1-11(2)4-5-3-6(12)8(13)9(14)7(5)10(11)15/h3H,4H2,1-2H3. The largest absolute Gasteiger partial charge is 0.293 e. The Bertz CT molecular complexity index is 463. The lowest BCUT2D eigenvalue weighted by molar-refractivity contribution is 0.0859. The molecule has 0 saturated heterocycles. The van der Waals surface area contributed by atoms with Crippen LogP contribution in [0.1, 0.15) is 29.8 Å². The van der Waals surface area contributed by atoms with Crippen molar-refractivity contribution in [2.75, 3.05) is 0 Å². The molecule has 0 radical (unpaired) electrons. The molecule has 0 aliphatic heterocycles. The molecule has 0 aromatic heterocycles. The second-order valence-electron chi connectivity index (χ2n) is 4.41. The van der Waals surface area contributed by atoms with Crippen molar-refractivity contribution in [3.8, 4) is 0 Å². The Morgan fingerprint density at radius 2 is 1.80 bits per heavy atom. The molecule has 0 atom stereocenters. The first-order valence-corrected chi connectivity index (χ1v) is 4.56. The lowest BCUT2D eigenvalue weighted by atomic mass is 9.89. The molecule has 0 heterocycles. The van der Waals surface area contributed by atoms with Gasteiger partial charge in [-0.05, 0) is 18.1 Å². The summed E-state index contributed by atoms with van der Waals surface area (Å²) < 4.78 is 39.1. The van der Waals surface area contributed by atoms with E-state index >= 15 is 0 Å². The first-order chi connectivity index (χ1) is 6.84. The van der Waals surface area contributed by atoms with E-state index in [1.807, 2.05) is 0 Å². The molecule has 0 N–H and O–H groups in total. The molecule has 0 unspecified atom stereocenters. The summed E-state index contributed by atoms with van der Waals surface area (Å²) in [5.41, 5.74) is -0.816. The first-order valence-electron chi connectivity index (χ1n) is 4.56. The number of carbonyl (C=O) groups excluding carboxylic acids is 1. The van der Waals surface area contributed by atoms with Crippen LogP contribution in [0.2, 0.25) is 0 Å². The third-order valence-electron chi connectivity index (χ3n) is 2.72. The van der Waals surface area contributed by atoms with Gasteiger partial charge in [0.1, 0.15) is 0 Å². The molecule has 15 heavy (non-hydrogen) atoms. The van der Waals surface area contributed by atoms with Crippen molar-refractivity contribution in [2.45, 2.75) is 20.3 Å². The van der Waals surface area contributed by atoms with Crippen molar-refractivity contribution in [3.05, 3.63) is 34.6 Å². The van der Waals surface area contributed by atoms with Gasteiger partial charge in [0.2, 0.25) is 0 Å². The Labute approximate surface area is 84.9 Å². The van der Waals surface area contributed by atoms with Gasteiger partial charge in [0, 0.05) is 5.41 Å². The van der Waals surface area contributed by atoms with Gasteiger partial charge in [0.15, 0.2) is 23.2 Å². The van der Waals surface area contributed by atoms with Crippen molar-refractivity contribution in [2.24, 2.45) is 5.41 Å². The molecule has 0 saturated carbocycles. The van der Waals surface area contributed by atoms with Crippen molar-refractivity contribution in [1.82, 2.24) is 0 Å². The summed E-state index contributed by atoms with van der Waals surface area (Å²) >= 11 is 0. The van der Waals surface area contributed by atoms with E-state index in [9.17, 15) is 18.0 Å². The summed E-state index contributed by atoms with van der Waals surface area (Å²) in [6.45, 7) is 3.26. The number of hydrogen-bond donors (Lipinski definition) is 0. The molecule has 0 fully saturated rings. The zero-order valence-corrected chi connectivity index (χ0v) is 8.33. The Hall–Kier alpha value is -1.32. The predicted molar refractivity (Wildman–Crippen MR) is 48.1 cm³/mol. The molecule has 4 heteroatoms. The maximum absolute atomic E-state index is 13.3. The molecule has 80 valence electrons. The average molecular weight is 214 g/mol. The summed E-state index contributed by atoms with van der Waals surface area (Å²) in [4.78, 5) is 11.7. The Kier molecular flexibility index (Phi) is 1.93. The highest BCUT2D eigenvalue weighted by molar-refractivity contribution is 6.04. The van der Waals surface area contributed by atoms with Crippen molar-refractivity contribution in [3.63, 3.8) is 0 Å². The van der Waals surface area contributed by atoms with Crippen LogP contribution in [0.5, 0.6) is 0 Å². The average Bonchev–Trinajstić information content (AvgIpc) is 2.34. The molecular formula is C11H9F3O. The third kappa shape index (κ3) is 1.28. The van der Waals surface area contributed by atoms with E-state index in [1.54, 1.807) is 13.8 Å². The highest BCUT2D eigenvalue weighted by Crippen LogP contribution is 2.38. The second-order valence-corrected chi connectivity index (χ2v) is 4.41. The van der Waals surface area contributed by atoms with Crippen LogP contribution >= 0.6 is 0 Å². The van der Waals surface area contributed by atoms with E-state index in [1.165, 1.54) is 0 Å². The van der Waals surface area contributed by atoms with E-state index in [0.717, 1.165) is 6.07 Å². The molecule has 1 aromatic carbocycles. The van der Waals surface area contributed by atoms with Crippen molar-refractivity contribution in [1.29, 1.82) is 0 Å². The Morgan fingerprint density at radius 1 is 1.20 bits per heavy atom. The minimum atomic E-state index is -1.57. The van der Waals surface area contributed by atoms with Gasteiger partial charge in [-0.25, -0.2) is 13.2 Å². The fourth-order valence-electron chi connectivity index (χ4n) is 1.92. The summed E-state index contributed by atoms with van der Waals surface area (Å²) in [7, 11) is 0. The van der Waals surface area contributed by atoms with Gasteiger partial charge in [-0.15, -0.1) is 0 Å². The van der Waals surface area contributed by atoms with Crippen LogP contribution in [0, 0.1) is 22.9 Å². The number of carbonyl (C=O) groups is 1. The Balaban J connectivity index is 2.72. The highest BCUT2D eigenvalue weighted by Gasteiger charge is 2.41. The van der Waals surface area contributed by atoms with Gasteiger partial charge in [0.05, 0.1) is 5.56 Å². The van der Waals surface area contributed by atoms with Gasteiger partial charge in [-0.3, -0.25) is 4.79 Å². The minimum Gasteiger partial charge on any atom is -0.293 e. The van der Waals surface area contributed by atoms with Crippen molar-refractivity contribution >= 4 is 5.78 Å². The summed E-state index contributed by atoms with van der Waals surface area (Å²) in [5.74, 6) is -4.63. The number of ketones is 1. The van der Waals surface area contributed by atoms with Gasteiger partial charge in [-0.2, -0.15) is 0 Å². The summed E-state index contributed by atoms with van der Waals surface area (Å²) in [6.07, 6.45) is 0.245. The smallest absolute Gasteiger partial charge is 0.195 e. The zero-order chi connectivity index (χ0) is 11.4. The SMILES string of the molecule is CC1(C)Cc2cc(F)c(F)c(F)c2C1=O. The van der Waals surface area contributed by atoms with E-state index in [0.29, 0.717) is 0 Å². The van der Waals surface area contributed by atoms with Crippen LogP contribution in [-0.2, 0) is 6.42 Å². The third-order valence-corrected chi connectivity index (χ3v) is 2.72. The normalized spacial score (nSPS) is 18.1. The van der Waals surface area contributed by atoms with Crippen LogP contribution < -0.4 is 0 Å². The molecule has 0 amide bonds. The number of fused-ring (bicyclic) bond motifs is 1. The van der Waals surface area contributed by atoms with Crippen molar-refractivity contribution < 1.29 is 18.0 Å². The topological polar surface area (TPSA) is 17.1 Å². The molecule has 1 nitrogen and oxygen atoms in total. The fourth-order valence-corrected chi connectivity index (χ4v) is 1.92. The number of rotatable bonds is 0. The maximum Gasteiger partial charge on any atom is 0.195 e. The number of benzene rings is 1. The molecular weight excluding hydrogens is 205 g/mol. The van der Waals surface area contributed by atoms with E-state index in [-0.39, 0.29) is 17.5 Å². The van der Waals surface area contributed by atoms with Crippen LogP contribution in [0.3, 0.4) is 0 Å². The lowest BCUT2D eigenvalue weighted by Gasteiger charge is -2.12. The number of halogens is 3. The van der Waals surface area contributed by atoms with Gasteiger partial charge in [0.25, 0.3) is 0 Å². The molecule has 1 aromatic rings. The lowest BCUT2D eigenvalue weighted by Crippen LogP contribution is -2.19. The maximum atomic E-state index is 13.3. The van der Waals surface area contributed by atoms with Gasteiger partial charge in [-0.1, -0.05) is 13.8 Å². The van der Waals surface area contributed by atoms with Gasteiger partial charge < -0.3 is 0 Å². The number of hydrogen-bond acceptors (Lipinski definition) is 1. The zero-order valence-electron chi connectivity index (χ0n) is 8.33. The Morgan fingerprint density at radius 3 is 2.40 bits per heavy atom. The quantitative estimate of drug-likeness (QED) is 0.607. The first kappa shape index (κ1) is 10.2. The molecule has 1 aliphatic rings. The van der Waals surface area contributed by atoms with Gasteiger partial charge >= 0.3 is 0 Å². The monoisotopic (exact) mass is 214 g/mol. The van der Waals surface area contributed by atoms with E-state index in [2.05, 4.69) is 0 Å². The van der Waals surface area contributed by atoms with Crippen LogP contribution in [0.15, 0.2) is 6.07 Å². The summed E-state index contributed by atoms with van der Waals surface area (Å²) in [6, 6.07) is 0.903. The van der Waals surface area contributed by atoms with Crippen LogP contribution in [-0.4, -0.2) is 5.78 Å². The molecule has 0 bridgehead atoms. The molecule has 2 rings (SSSR count). The molecule has 1 aliphatic carbocycles. The number of Topliss-reactive ketones (excluding diaryl/α,β-unsaturated/α-hetero) is 1. The molecule has 0 spiro atoms. The fraction of sp³-hybridized carbons (Fsp3) is 0.364. The van der Waals surface area contributed by atoms with E-state index < -0.39 is 28.6 Å². The van der Waals surface area contributed by atoms with E-state index in [4.69, 9.17) is 0 Å². The van der Waals surface area contributed by atoms with Crippen LogP contribution in [0.25, 0.3) is 0 Å². The minimum absolute atomic E-state index is 0.245.